The molecule has 1 atom stereocenters. The maximum atomic E-state index is 13.2. The summed E-state index contributed by atoms with van der Waals surface area (Å²) in [5.41, 5.74) is 0.350. The van der Waals surface area contributed by atoms with E-state index in [1.807, 2.05) is 25.9 Å². The van der Waals surface area contributed by atoms with E-state index in [1.54, 1.807) is 12.3 Å². The minimum atomic E-state index is -0.138. The van der Waals surface area contributed by atoms with Crippen LogP contribution in [0.15, 0.2) is 12.3 Å². The molecule has 0 aliphatic carbocycles. The minimum Gasteiger partial charge on any atom is -0.486 e. The molecule has 0 saturated heterocycles. The Morgan fingerprint density at radius 2 is 2.04 bits per heavy atom. The van der Waals surface area contributed by atoms with Crippen LogP contribution in [0.1, 0.15) is 22.1 Å². The van der Waals surface area contributed by atoms with Crippen molar-refractivity contribution in [1.82, 2.24) is 29.5 Å². The number of fused-ring (bicyclic) bond motifs is 2. The van der Waals surface area contributed by atoms with Crippen molar-refractivity contribution in [1.29, 1.82) is 0 Å². The van der Waals surface area contributed by atoms with Crippen molar-refractivity contribution in [3.05, 3.63) is 29.6 Å². The summed E-state index contributed by atoms with van der Waals surface area (Å²) >= 11 is 0. The van der Waals surface area contributed by atoms with Crippen LogP contribution in [0.25, 0.3) is 0 Å². The monoisotopic (exact) mass is 358 g/mol. The van der Waals surface area contributed by atoms with E-state index in [0.29, 0.717) is 43.5 Å². The Hall–Kier alpha value is -2.68. The topological polar surface area (TPSA) is 85.6 Å². The first-order chi connectivity index (χ1) is 12.5. The van der Waals surface area contributed by atoms with E-state index in [4.69, 9.17) is 9.47 Å². The number of rotatable bonds is 3. The Bertz CT molecular complexity index is 834. The van der Waals surface area contributed by atoms with E-state index in [9.17, 15) is 4.79 Å². The van der Waals surface area contributed by atoms with Crippen LogP contribution < -0.4 is 9.47 Å². The number of pyridine rings is 1. The smallest absolute Gasteiger partial charge is 0.273 e. The molecule has 4 rings (SSSR count). The van der Waals surface area contributed by atoms with Gasteiger partial charge in [0, 0.05) is 19.2 Å². The van der Waals surface area contributed by atoms with Crippen LogP contribution in [0.4, 0.5) is 0 Å². The maximum absolute atomic E-state index is 13.2. The van der Waals surface area contributed by atoms with Crippen LogP contribution in [0.5, 0.6) is 11.5 Å². The molecule has 0 aromatic carbocycles. The highest BCUT2D eigenvalue weighted by Crippen LogP contribution is 2.30. The van der Waals surface area contributed by atoms with Gasteiger partial charge in [0.1, 0.15) is 24.7 Å². The summed E-state index contributed by atoms with van der Waals surface area (Å²) in [7, 11) is 4.00. The van der Waals surface area contributed by atoms with E-state index in [-0.39, 0.29) is 11.9 Å². The molecule has 0 fully saturated rings. The third-order valence-electron chi connectivity index (χ3n) is 4.64. The summed E-state index contributed by atoms with van der Waals surface area (Å²) < 4.78 is 13.1. The van der Waals surface area contributed by atoms with E-state index in [2.05, 4.69) is 24.6 Å². The van der Waals surface area contributed by atoms with Crippen molar-refractivity contribution >= 4 is 5.91 Å². The molecule has 4 heterocycles. The molecule has 9 nitrogen and oxygen atoms in total. The number of carbonyl (C=O) groups excluding carboxylic acids is 1. The van der Waals surface area contributed by atoms with Gasteiger partial charge in [0.15, 0.2) is 17.3 Å². The number of ether oxygens (including phenoxy) is 2. The lowest BCUT2D eigenvalue weighted by molar-refractivity contribution is 0.0535. The molecule has 0 N–H and O–H groups in total. The molecule has 2 aliphatic heterocycles. The Kier molecular flexibility index (Phi) is 4.23. The quantitative estimate of drug-likeness (QED) is 0.782. The van der Waals surface area contributed by atoms with E-state index >= 15 is 0 Å². The lowest BCUT2D eigenvalue weighted by Gasteiger charge is -2.37. The van der Waals surface area contributed by atoms with Crippen LogP contribution in [0, 0.1) is 6.92 Å². The molecule has 2 aromatic rings. The number of amides is 1. The fourth-order valence-electron chi connectivity index (χ4n) is 3.40. The predicted molar refractivity (Wildman–Crippen MR) is 92.2 cm³/mol. The average Bonchev–Trinajstić information content (AvgIpc) is 3.00. The van der Waals surface area contributed by atoms with Crippen LogP contribution in [-0.4, -0.2) is 75.4 Å². The number of aryl methyl sites for hydroxylation is 1. The predicted octanol–water partition coefficient (Wildman–Crippen LogP) is 0.339. The lowest BCUT2D eigenvalue weighted by Crippen LogP contribution is -2.51. The van der Waals surface area contributed by atoms with Crippen molar-refractivity contribution in [2.45, 2.75) is 26.1 Å². The zero-order chi connectivity index (χ0) is 18.3. The number of hydrogen-bond acceptors (Lipinski definition) is 7. The van der Waals surface area contributed by atoms with Gasteiger partial charge in [-0.25, -0.2) is 4.98 Å². The average molecular weight is 358 g/mol. The Morgan fingerprint density at radius 3 is 2.81 bits per heavy atom. The van der Waals surface area contributed by atoms with Gasteiger partial charge in [-0.3, -0.25) is 4.79 Å². The highest BCUT2D eigenvalue weighted by atomic mass is 16.6. The summed E-state index contributed by atoms with van der Waals surface area (Å²) in [6.07, 6.45) is 1.55. The van der Waals surface area contributed by atoms with Crippen LogP contribution in [0.3, 0.4) is 0 Å². The molecular formula is C17H22N6O3. The molecule has 1 unspecified atom stereocenters. The molecule has 138 valence electrons. The molecule has 2 aliphatic rings. The van der Waals surface area contributed by atoms with Crippen molar-refractivity contribution < 1.29 is 14.3 Å². The van der Waals surface area contributed by atoms with Crippen LogP contribution in [-0.2, 0) is 13.1 Å². The number of carbonyl (C=O) groups is 1. The van der Waals surface area contributed by atoms with Crippen molar-refractivity contribution in [2.24, 2.45) is 0 Å². The second-order valence-electron chi connectivity index (χ2n) is 6.84. The Labute approximate surface area is 151 Å². The first-order valence-corrected chi connectivity index (χ1v) is 8.63. The Balaban J connectivity index is 1.64. The van der Waals surface area contributed by atoms with E-state index in [1.165, 1.54) is 0 Å². The molecule has 0 bridgehead atoms. The molecule has 26 heavy (non-hydrogen) atoms. The zero-order valence-electron chi connectivity index (χ0n) is 15.2. The molecule has 0 spiro atoms. The van der Waals surface area contributed by atoms with Gasteiger partial charge in [-0.1, -0.05) is 0 Å². The first-order valence-electron chi connectivity index (χ1n) is 8.63. The van der Waals surface area contributed by atoms with Gasteiger partial charge in [0.2, 0.25) is 0 Å². The maximum Gasteiger partial charge on any atom is 0.273 e. The van der Waals surface area contributed by atoms with Gasteiger partial charge in [0.05, 0.1) is 18.8 Å². The standard InChI is InChI=1S/C17H22N6O3/c1-11-19-20-16-10-23(12(8-21(2)3)9-22(11)16)17(24)13-6-14-15(7-18-13)26-5-4-25-14/h6-7,12H,4-5,8-10H2,1-3H3. The third-order valence-corrected chi connectivity index (χ3v) is 4.64. The van der Waals surface area contributed by atoms with Gasteiger partial charge in [0.25, 0.3) is 5.91 Å². The summed E-state index contributed by atoms with van der Waals surface area (Å²) in [5, 5.41) is 8.35. The highest BCUT2D eigenvalue weighted by Gasteiger charge is 2.33. The number of aromatic nitrogens is 4. The van der Waals surface area contributed by atoms with Gasteiger partial charge < -0.3 is 23.8 Å². The molecule has 9 heteroatoms. The van der Waals surface area contributed by atoms with Crippen molar-refractivity contribution in [3.8, 4) is 11.5 Å². The first kappa shape index (κ1) is 16.8. The SMILES string of the molecule is Cc1nnc2n1CC(CN(C)C)N(C(=O)c1cc3c(cn1)OCCO3)C2. The molecular weight excluding hydrogens is 336 g/mol. The van der Waals surface area contributed by atoms with Crippen LogP contribution in [0.2, 0.25) is 0 Å². The molecule has 2 aromatic heterocycles. The Morgan fingerprint density at radius 1 is 1.27 bits per heavy atom. The lowest BCUT2D eigenvalue weighted by atomic mass is 10.1. The minimum absolute atomic E-state index is 0.00898. The highest BCUT2D eigenvalue weighted by molar-refractivity contribution is 5.93. The van der Waals surface area contributed by atoms with Gasteiger partial charge in [-0.15, -0.1) is 10.2 Å². The fourth-order valence-corrected chi connectivity index (χ4v) is 3.40. The van der Waals surface area contributed by atoms with Crippen molar-refractivity contribution in [3.63, 3.8) is 0 Å². The summed E-state index contributed by atoms with van der Waals surface area (Å²) in [6.45, 7) is 4.72. The largest absolute Gasteiger partial charge is 0.486 e. The normalized spacial score (nSPS) is 18.8. The molecule has 0 radical (unpaired) electrons. The number of likely N-dealkylation sites (N-methyl/N-ethyl adjacent to an activating group) is 1. The van der Waals surface area contributed by atoms with Crippen molar-refractivity contribution in [2.75, 3.05) is 33.9 Å². The van der Waals surface area contributed by atoms with Gasteiger partial charge >= 0.3 is 0 Å². The molecule has 1 amide bonds. The van der Waals surface area contributed by atoms with Crippen LogP contribution >= 0.6 is 0 Å². The van der Waals surface area contributed by atoms with E-state index < -0.39 is 0 Å². The third kappa shape index (κ3) is 2.98. The van der Waals surface area contributed by atoms with Gasteiger partial charge in [-0.2, -0.15) is 0 Å². The summed E-state index contributed by atoms with van der Waals surface area (Å²) in [6, 6.07) is 1.67. The number of hydrogen-bond donors (Lipinski definition) is 0. The second kappa shape index (κ2) is 6.56. The number of nitrogens with zero attached hydrogens (tertiary/aromatic N) is 6. The zero-order valence-corrected chi connectivity index (χ0v) is 15.2. The van der Waals surface area contributed by atoms with E-state index in [0.717, 1.165) is 18.2 Å². The van der Waals surface area contributed by atoms with Gasteiger partial charge in [-0.05, 0) is 21.0 Å². The second-order valence-corrected chi connectivity index (χ2v) is 6.84. The fraction of sp³-hybridized carbons (Fsp3) is 0.529. The summed E-state index contributed by atoms with van der Waals surface area (Å²) in [5.74, 6) is 2.67. The molecule has 0 saturated carbocycles. The summed E-state index contributed by atoms with van der Waals surface area (Å²) in [4.78, 5) is 21.4.